The van der Waals surface area contributed by atoms with E-state index in [1.165, 1.54) is 0 Å². The molecule has 0 fully saturated rings. The van der Waals surface area contributed by atoms with E-state index >= 15 is 0 Å². The Kier molecular flexibility index (Phi) is 37.5. The van der Waals surface area contributed by atoms with Crippen molar-refractivity contribution in [1.82, 2.24) is 0 Å². The molecule has 0 unspecified atom stereocenters. The number of methoxy groups -OCH3 is 1. The second-order valence-corrected chi connectivity index (χ2v) is 3.44. The molecule has 0 bridgehead atoms. The zero-order valence-corrected chi connectivity index (χ0v) is 18.3. The molecule has 0 aliphatic carbocycles. The van der Waals surface area contributed by atoms with Crippen LogP contribution in [0.5, 0.6) is 0 Å². The van der Waals surface area contributed by atoms with Crippen molar-refractivity contribution in [3.05, 3.63) is 0 Å². The van der Waals surface area contributed by atoms with Crippen molar-refractivity contribution in [2.75, 3.05) is 7.11 Å². The summed E-state index contributed by atoms with van der Waals surface area (Å²) in [7, 11) is -34.9. The van der Waals surface area contributed by atoms with Crippen molar-refractivity contribution >= 4 is 49.7 Å². The van der Waals surface area contributed by atoms with E-state index in [0.29, 0.717) is 0 Å². The third-order valence-electron chi connectivity index (χ3n) is 0.175. The van der Waals surface area contributed by atoms with Gasteiger partial charge in [0, 0.05) is 0 Å². The summed E-state index contributed by atoms with van der Waals surface area (Å²) in [5.74, 6) is 0. The van der Waals surface area contributed by atoms with Gasteiger partial charge >= 0.3 is 79.2 Å². The molecule has 0 radical (unpaired) electrons. The minimum Gasteiger partial charge on any atom is -1.00 e. The fourth-order valence-corrected chi connectivity index (χ4v) is 0. The standard InChI is InChI=1S/C2H4O3.6BF4.Na.H/c1-5-2(3)4;6*2-1(3,4)5;;/h1H3,(H,3,4);;;;;;;;/q;6*-1;+1;-1. The zero-order valence-electron chi connectivity index (χ0n) is 17.3. The van der Waals surface area contributed by atoms with Crippen LogP contribution in [0.4, 0.5) is 108 Å². The van der Waals surface area contributed by atoms with Gasteiger partial charge in [-0.1, -0.05) is 0 Å². The SMILES string of the molecule is COC(=O)O.F[B-](F)(F)F.F[B-](F)(F)F.F[B-](F)(F)F.F[B-](F)(F)F.F[B-](F)(F)F.F[B-](F)(F)F.[H-].[Na+]. The summed E-state index contributed by atoms with van der Waals surface area (Å²) < 4.78 is 238. The molecule has 3 nitrogen and oxygen atoms in total. The van der Waals surface area contributed by atoms with Crippen LogP contribution in [-0.4, -0.2) is 61.9 Å². The average Bonchev–Trinajstić information content (AvgIpc) is 2.25. The van der Waals surface area contributed by atoms with Gasteiger partial charge < -0.3 is 115 Å². The minimum absolute atomic E-state index is 0. The maximum Gasteiger partial charge on any atom is 1.00 e. The Morgan fingerprint density at radius 1 is 0.444 bits per heavy atom. The Bertz CT molecular complexity index is 337. The van der Waals surface area contributed by atoms with Gasteiger partial charge in [-0.05, 0) is 0 Å². The molecule has 0 aliphatic heterocycles. The Labute approximate surface area is 206 Å². The number of rotatable bonds is 0. The van der Waals surface area contributed by atoms with E-state index in [2.05, 4.69) is 4.74 Å². The quantitative estimate of drug-likeness (QED) is 0.229. The minimum atomic E-state index is -6.00. The Morgan fingerprint density at radius 2 is 0.472 bits per heavy atom. The number of carboxylic acid groups (broad SMARTS) is 1. The summed E-state index contributed by atoms with van der Waals surface area (Å²) in [5, 5.41) is 7.50. The van der Waals surface area contributed by atoms with Gasteiger partial charge in [-0.2, -0.15) is 0 Å². The van der Waals surface area contributed by atoms with Crippen LogP contribution in [-0.2, 0) is 4.74 Å². The maximum absolute atomic E-state index is 9.75. The molecular formula is C2H5B6F24NaO3-6. The van der Waals surface area contributed by atoms with E-state index in [4.69, 9.17) is 9.90 Å². The van der Waals surface area contributed by atoms with E-state index in [9.17, 15) is 104 Å². The van der Waals surface area contributed by atoms with Crippen molar-refractivity contribution in [3.63, 3.8) is 0 Å². The monoisotopic (exact) mass is 622 g/mol. The number of ether oxygens (including phenoxy) is 1. The van der Waals surface area contributed by atoms with E-state index in [0.717, 1.165) is 7.11 Å². The number of hydrogen-bond acceptors (Lipinski definition) is 2. The summed E-state index contributed by atoms with van der Waals surface area (Å²) in [6.07, 6.45) is -1.25. The van der Waals surface area contributed by atoms with Crippen molar-refractivity contribution in [1.29, 1.82) is 0 Å². The van der Waals surface area contributed by atoms with Crippen LogP contribution in [0.25, 0.3) is 0 Å². The predicted molar refractivity (Wildman–Crippen MR) is 77.3 cm³/mol. The second-order valence-electron chi connectivity index (χ2n) is 3.44. The van der Waals surface area contributed by atoms with Crippen molar-refractivity contribution in [2.45, 2.75) is 0 Å². The van der Waals surface area contributed by atoms with E-state index in [1.54, 1.807) is 0 Å². The molecular weight excluding hydrogens is 616 g/mol. The third kappa shape index (κ3) is 35100. The summed E-state index contributed by atoms with van der Waals surface area (Å²) in [6.45, 7) is 0. The van der Waals surface area contributed by atoms with Crippen LogP contribution in [0.1, 0.15) is 1.43 Å². The van der Waals surface area contributed by atoms with Gasteiger partial charge in [0.05, 0.1) is 7.11 Å². The van der Waals surface area contributed by atoms with Crippen molar-refractivity contribution in [2.24, 2.45) is 0 Å². The Morgan fingerprint density at radius 3 is 0.472 bits per heavy atom. The first-order chi connectivity index (χ1) is 14.3. The first kappa shape index (κ1) is 55.5. The van der Waals surface area contributed by atoms with E-state index < -0.39 is 49.7 Å². The summed E-state index contributed by atoms with van der Waals surface area (Å²) in [6, 6.07) is 0. The van der Waals surface area contributed by atoms with E-state index in [1.807, 2.05) is 0 Å². The number of carbonyl (C=O) groups is 1. The fraction of sp³-hybridized carbons (Fsp3) is 0.500. The van der Waals surface area contributed by atoms with Gasteiger partial charge in [-0.15, -0.1) is 0 Å². The van der Waals surface area contributed by atoms with Gasteiger partial charge in [0.2, 0.25) is 0 Å². The Balaban J connectivity index is -0.0000000350. The van der Waals surface area contributed by atoms with Gasteiger partial charge in [-0.3, -0.25) is 0 Å². The van der Waals surface area contributed by atoms with Gasteiger partial charge in [0.15, 0.2) is 0 Å². The molecule has 224 valence electrons. The molecule has 0 aromatic carbocycles. The van der Waals surface area contributed by atoms with Gasteiger partial charge in [0.25, 0.3) is 0 Å². The smallest absolute Gasteiger partial charge is 1.00 e. The molecule has 0 atom stereocenters. The molecule has 36 heavy (non-hydrogen) atoms. The maximum atomic E-state index is 9.75. The molecule has 0 aliphatic rings. The zero-order chi connectivity index (χ0) is 31.3. The topological polar surface area (TPSA) is 46.5 Å². The van der Waals surface area contributed by atoms with Crippen LogP contribution in [0, 0.1) is 0 Å². The van der Waals surface area contributed by atoms with Crippen molar-refractivity contribution in [3.8, 4) is 0 Å². The summed E-state index contributed by atoms with van der Waals surface area (Å²) in [5.41, 5.74) is 0. The van der Waals surface area contributed by atoms with Crippen LogP contribution >= 0.6 is 0 Å². The molecule has 0 aromatic rings. The summed E-state index contributed by atoms with van der Waals surface area (Å²) >= 11 is 0. The first-order valence-electron chi connectivity index (χ1n) is 6.28. The molecule has 34 heteroatoms. The summed E-state index contributed by atoms with van der Waals surface area (Å²) in [4.78, 5) is 9.15. The second kappa shape index (κ2) is 24.3. The van der Waals surface area contributed by atoms with E-state index in [-0.39, 0.29) is 31.0 Å². The molecule has 0 spiro atoms. The molecule has 0 saturated carbocycles. The molecule has 0 rings (SSSR count). The molecule has 0 heterocycles. The van der Waals surface area contributed by atoms with Crippen molar-refractivity contribution < 1.29 is 149 Å². The van der Waals surface area contributed by atoms with Crippen LogP contribution in [0.15, 0.2) is 0 Å². The van der Waals surface area contributed by atoms with Gasteiger partial charge in [0.1, 0.15) is 0 Å². The number of halogens is 24. The number of hydrogen-bond donors (Lipinski definition) is 1. The van der Waals surface area contributed by atoms with Crippen LogP contribution in [0.2, 0.25) is 0 Å². The molecule has 1 N–H and O–H groups in total. The molecule has 0 saturated heterocycles. The first-order valence-corrected chi connectivity index (χ1v) is 6.28. The predicted octanol–water partition coefficient (Wildman–Crippen LogP) is 5.23. The third-order valence-corrected chi connectivity index (χ3v) is 0.175. The van der Waals surface area contributed by atoms with Crippen LogP contribution in [0.3, 0.4) is 0 Å². The van der Waals surface area contributed by atoms with Crippen LogP contribution < -0.4 is 29.6 Å². The Hall–Kier alpha value is -1.02. The average molecular weight is 621 g/mol. The normalized spacial score (nSPS) is 10.9. The fourth-order valence-electron chi connectivity index (χ4n) is 0. The molecule has 0 aromatic heterocycles. The molecule has 0 amide bonds. The van der Waals surface area contributed by atoms with Gasteiger partial charge in [-0.25, -0.2) is 4.79 Å². The largest absolute Gasteiger partial charge is 1.00 e.